The maximum absolute atomic E-state index is 9.95. The van der Waals surface area contributed by atoms with Crippen LogP contribution < -0.4 is 0 Å². The van der Waals surface area contributed by atoms with E-state index in [1.54, 1.807) is 0 Å². The van der Waals surface area contributed by atoms with E-state index in [9.17, 15) is 5.11 Å². The average molecular weight is 286 g/mol. The van der Waals surface area contributed by atoms with Crippen LogP contribution in [0.25, 0.3) is 0 Å². The quantitative estimate of drug-likeness (QED) is 0.732. The Morgan fingerprint density at radius 1 is 1.19 bits per heavy atom. The third-order valence-corrected chi connectivity index (χ3v) is 3.54. The minimum Gasteiger partial charge on any atom is -0.507 e. The van der Waals surface area contributed by atoms with E-state index >= 15 is 0 Å². The maximum Gasteiger partial charge on any atom is 0.128 e. The molecule has 0 amide bonds. The third-order valence-electron chi connectivity index (χ3n) is 2.90. The molecule has 0 unspecified atom stereocenters. The van der Waals surface area contributed by atoms with Gasteiger partial charge in [0.2, 0.25) is 0 Å². The van der Waals surface area contributed by atoms with Gasteiger partial charge in [-0.25, -0.2) is 0 Å². The van der Waals surface area contributed by atoms with E-state index in [1.807, 2.05) is 13.0 Å². The molecule has 0 fully saturated rings. The van der Waals surface area contributed by atoms with Crippen LogP contribution in [0.15, 0.2) is 33.5 Å². The lowest BCUT2D eigenvalue weighted by Crippen LogP contribution is -2.21. The molecule has 0 atom stereocenters. The van der Waals surface area contributed by atoms with Crippen LogP contribution >= 0.6 is 15.9 Å². The molecule has 1 rings (SSSR count). The minimum absolute atomic E-state index is 0.374. The van der Waals surface area contributed by atoms with Crippen molar-refractivity contribution < 1.29 is 5.11 Å². The summed E-state index contributed by atoms with van der Waals surface area (Å²) in [7, 11) is 2.12. The summed E-state index contributed by atoms with van der Waals surface area (Å²) in [5.74, 6) is 0.374. The van der Waals surface area contributed by atoms with Crippen molar-refractivity contribution in [2.45, 2.75) is 26.7 Å². The van der Waals surface area contributed by atoms with E-state index in [0.717, 1.165) is 36.0 Å². The Hall–Kier alpha value is -0.540. The van der Waals surface area contributed by atoms with Crippen molar-refractivity contribution in [3.63, 3.8) is 0 Å². The van der Waals surface area contributed by atoms with Gasteiger partial charge in [0, 0.05) is 13.1 Å². The number of halogens is 1. The number of aliphatic hydroxyl groups excluding tert-OH is 1. The predicted molar refractivity (Wildman–Crippen MR) is 72.8 cm³/mol. The molecule has 90 valence electrons. The van der Waals surface area contributed by atoms with Gasteiger partial charge in [-0.15, -0.1) is 0 Å². The van der Waals surface area contributed by atoms with Crippen LogP contribution in [0.4, 0.5) is 0 Å². The zero-order valence-corrected chi connectivity index (χ0v) is 11.8. The topological polar surface area (TPSA) is 23.5 Å². The fraction of sp³-hybridized carbons (Fsp3) is 0.538. The average Bonchev–Trinajstić information content (AvgIpc) is 2.29. The van der Waals surface area contributed by atoms with E-state index in [0.29, 0.717) is 5.76 Å². The number of aliphatic hydroxyl groups is 1. The first-order valence-electron chi connectivity index (χ1n) is 5.61. The highest BCUT2D eigenvalue weighted by atomic mass is 79.9. The van der Waals surface area contributed by atoms with Gasteiger partial charge in [-0.3, -0.25) is 0 Å². The van der Waals surface area contributed by atoms with E-state index < -0.39 is 0 Å². The Balaban J connectivity index is 2.96. The zero-order valence-electron chi connectivity index (χ0n) is 10.3. The minimum atomic E-state index is 0.374. The summed E-state index contributed by atoms with van der Waals surface area (Å²) in [6, 6.07) is 0. The molecule has 0 aliphatic carbocycles. The van der Waals surface area contributed by atoms with Gasteiger partial charge in [0.1, 0.15) is 5.76 Å². The largest absolute Gasteiger partial charge is 0.507 e. The number of hydrogen-bond acceptors (Lipinski definition) is 2. The van der Waals surface area contributed by atoms with Crippen molar-refractivity contribution in [1.29, 1.82) is 0 Å². The Morgan fingerprint density at radius 3 is 2.50 bits per heavy atom. The molecular formula is C13H20BrNO. The fourth-order valence-electron chi connectivity index (χ4n) is 1.54. The Morgan fingerprint density at radius 2 is 1.81 bits per heavy atom. The molecule has 0 saturated heterocycles. The molecule has 0 saturated carbocycles. The summed E-state index contributed by atoms with van der Waals surface area (Å²) in [5.41, 5.74) is 2.36. The number of nitrogens with zero attached hydrogens (tertiary/aromatic N) is 1. The summed E-state index contributed by atoms with van der Waals surface area (Å²) in [6.45, 7) is 6.16. The zero-order chi connectivity index (χ0) is 12.1. The Bertz CT molecular complexity index is 342. The second kappa shape index (κ2) is 6.26. The second-order valence-corrected chi connectivity index (χ2v) is 5.31. The molecule has 1 aliphatic heterocycles. The van der Waals surface area contributed by atoms with Crippen molar-refractivity contribution in [2.24, 2.45) is 0 Å². The lowest BCUT2D eigenvalue weighted by Gasteiger charge is -2.16. The molecule has 3 heteroatoms. The molecule has 1 aliphatic rings. The highest BCUT2D eigenvalue weighted by Gasteiger charge is 2.07. The van der Waals surface area contributed by atoms with Gasteiger partial charge >= 0.3 is 0 Å². The van der Waals surface area contributed by atoms with Crippen LogP contribution in [0.5, 0.6) is 0 Å². The predicted octanol–water partition coefficient (Wildman–Crippen LogP) is 3.77. The van der Waals surface area contributed by atoms with Gasteiger partial charge in [0.25, 0.3) is 0 Å². The number of allylic oxidation sites excluding steroid dienone is 3. The molecule has 0 aromatic heterocycles. The highest BCUT2D eigenvalue weighted by Crippen LogP contribution is 2.21. The first-order chi connectivity index (χ1) is 7.50. The first-order valence-corrected chi connectivity index (χ1v) is 6.40. The highest BCUT2D eigenvalue weighted by molar-refractivity contribution is 9.11. The fourth-order valence-corrected chi connectivity index (χ4v) is 2.01. The van der Waals surface area contributed by atoms with E-state index in [2.05, 4.69) is 40.9 Å². The number of hydrogen-bond donors (Lipinski definition) is 1. The molecule has 2 nitrogen and oxygen atoms in total. The first kappa shape index (κ1) is 13.5. The lowest BCUT2D eigenvalue weighted by atomic mass is 10.1. The standard InChI is InChI=1S/C13H20BrNO/c1-10-4-5-12(14)13(16)11(2)7-9-15(3)8-6-10/h4-5,16H,6-9H2,1-3H3/b10-4+,12-5+,13-11-. The summed E-state index contributed by atoms with van der Waals surface area (Å²) in [6.07, 6.45) is 5.98. The van der Waals surface area contributed by atoms with Crippen molar-refractivity contribution in [3.05, 3.63) is 33.5 Å². The van der Waals surface area contributed by atoms with Crippen molar-refractivity contribution in [3.8, 4) is 0 Å². The molecule has 0 radical (unpaired) electrons. The van der Waals surface area contributed by atoms with E-state index in [4.69, 9.17) is 0 Å². The van der Waals surface area contributed by atoms with Crippen LogP contribution in [0.1, 0.15) is 26.7 Å². The van der Waals surface area contributed by atoms with E-state index in [-0.39, 0.29) is 0 Å². The van der Waals surface area contributed by atoms with Crippen molar-refractivity contribution in [2.75, 3.05) is 20.1 Å². The molecule has 0 aromatic carbocycles. The van der Waals surface area contributed by atoms with Gasteiger partial charge in [-0.2, -0.15) is 0 Å². The molecule has 0 bridgehead atoms. The summed E-state index contributed by atoms with van der Waals surface area (Å²) < 4.78 is 0.772. The lowest BCUT2D eigenvalue weighted by molar-refractivity contribution is 0.338. The second-order valence-electron chi connectivity index (χ2n) is 4.46. The van der Waals surface area contributed by atoms with Gasteiger partial charge in [0.15, 0.2) is 0 Å². The van der Waals surface area contributed by atoms with Crippen molar-refractivity contribution in [1.82, 2.24) is 4.90 Å². The van der Waals surface area contributed by atoms with Gasteiger partial charge in [0.05, 0.1) is 4.48 Å². The Labute approximate surface area is 106 Å². The normalized spacial score (nSPS) is 32.2. The van der Waals surface area contributed by atoms with Gasteiger partial charge in [-0.1, -0.05) is 11.6 Å². The molecule has 1 N–H and O–H groups in total. The van der Waals surface area contributed by atoms with Crippen molar-refractivity contribution >= 4 is 15.9 Å². The third kappa shape index (κ3) is 4.14. The molecule has 0 aromatic rings. The van der Waals surface area contributed by atoms with Gasteiger partial charge in [-0.05, 0) is 61.3 Å². The maximum atomic E-state index is 9.95. The van der Waals surface area contributed by atoms with Gasteiger partial charge < -0.3 is 10.0 Å². The summed E-state index contributed by atoms with van der Waals surface area (Å²) in [5, 5.41) is 9.95. The Kier molecular flexibility index (Phi) is 5.29. The SMILES string of the molecule is C\C1=C(O)/C(Br)=C\C=C(/C)CCN(C)CC1. The van der Waals surface area contributed by atoms with Crippen LogP contribution in [0.2, 0.25) is 0 Å². The van der Waals surface area contributed by atoms with Crippen LogP contribution in [-0.2, 0) is 0 Å². The summed E-state index contributed by atoms with van der Waals surface area (Å²) >= 11 is 3.40. The smallest absolute Gasteiger partial charge is 0.128 e. The monoisotopic (exact) mass is 285 g/mol. The van der Waals surface area contributed by atoms with E-state index in [1.165, 1.54) is 5.57 Å². The molecule has 1 heterocycles. The van der Waals surface area contributed by atoms with Crippen LogP contribution in [-0.4, -0.2) is 30.1 Å². The van der Waals surface area contributed by atoms with Crippen LogP contribution in [0.3, 0.4) is 0 Å². The number of rotatable bonds is 0. The molecule has 0 spiro atoms. The summed E-state index contributed by atoms with van der Waals surface area (Å²) in [4.78, 5) is 2.30. The molecular weight excluding hydrogens is 266 g/mol. The van der Waals surface area contributed by atoms with Crippen LogP contribution in [0, 0.1) is 0 Å². The molecule has 16 heavy (non-hydrogen) atoms.